The van der Waals surface area contributed by atoms with E-state index in [4.69, 9.17) is 0 Å². The summed E-state index contributed by atoms with van der Waals surface area (Å²) in [6.45, 7) is 5.53. The first-order valence-corrected chi connectivity index (χ1v) is 9.70. The Kier molecular flexibility index (Phi) is 5.18. The van der Waals surface area contributed by atoms with Crippen LogP contribution in [0, 0.1) is 10.1 Å². The van der Waals surface area contributed by atoms with E-state index in [1.807, 2.05) is 20.8 Å². The van der Waals surface area contributed by atoms with E-state index in [0.717, 1.165) is 6.26 Å². The number of nitro benzene ring substituents is 1. The Balaban J connectivity index is 2.44. The predicted molar refractivity (Wildman–Crippen MR) is 99.3 cm³/mol. The second kappa shape index (κ2) is 6.87. The molecule has 0 unspecified atom stereocenters. The van der Waals surface area contributed by atoms with Crippen LogP contribution in [0.25, 0.3) is 0 Å². The minimum absolute atomic E-state index is 0.0193. The molecular weight excluding hydrogens is 356 g/mol. The van der Waals surface area contributed by atoms with Crippen LogP contribution in [0.2, 0.25) is 0 Å². The van der Waals surface area contributed by atoms with Crippen molar-refractivity contribution >= 4 is 27.1 Å². The van der Waals surface area contributed by atoms with Crippen LogP contribution in [-0.4, -0.2) is 25.5 Å². The number of rotatable bonds is 4. The summed E-state index contributed by atoms with van der Waals surface area (Å²) >= 11 is 0. The van der Waals surface area contributed by atoms with Crippen LogP contribution >= 0.6 is 0 Å². The van der Waals surface area contributed by atoms with Gasteiger partial charge in [0.05, 0.1) is 15.5 Å². The average Bonchev–Trinajstić information content (AvgIpc) is 2.52. The molecule has 0 saturated carbocycles. The molecule has 2 aromatic carbocycles. The summed E-state index contributed by atoms with van der Waals surface area (Å²) in [5, 5.41) is 13.9. The highest BCUT2D eigenvalue weighted by Gasteiger charge is 2.26. The lowest BCUT2D eigenvalue weighted by Gasteiger charge is -2.19. The molecule has 26 heavy (non-hydrogen) atoms. The Labute approximate surface area is 152 Å². The number of sulfone groups is 1. The number of nitro groups is 1. The maximum Gasteiger partial charge on any atom is 0.273 e. The summed E-state index contributed by atoms with van der Waals surface area (Å²) in [6, 6.07) is 10.2. The highest BCUT2D eigenvalue weighted by molar-refractivity contribution is 7.90. The smallest absolute Gasteiger partial charge is 0.273 e. The van der Waals surface area contributed by atoms with Crippen LogP contribution in [0.4, 0.5) is 11.4 Å². The van der Waals surface area contributed by atoms with Crippen molar-refractivity contribution in [2.45, 2.75) is 31.1 Å². The van der Waals surface area contributed by atoms with Crippen LogP contribution < -0.4 is 5.32 Å². The van der Waals surface area contributed by atoms with Gasteiger partial charge in [0.2, 0.25) is 0 Å². The van der Waals surface area contributed by atoms with Gasteiger partial charge in [-0.2, -0.15) is 0 Å². The molecule has 0 aliphatic heterocycles. The van der Waals surface area contributed by atoms with Crippen molar-refractivity contribution in [2.24, 2.45) is 0 Å². The summed E-state index contributed by atoms with van der Waals surface area (Å²) in [6.07, 6.45) is 1.04. The van der Waals surface area contributed by atoms with E-state index in [1.165, 1.54) is 24.3 Å². The number of benzene rings is 2. The predicted octanol–water partition coefficient (Wildman–Crippen LogP) is 3.55. The molecule has 0 aromatic heterocycles. The van der Waals surface area contributed by atoms with Gasteiger partial charge in [-0.05, 0) is 23.6 Å². The first-order valence-electron chi connectivity index (χ1n) is 7.80. The Hall–Kier alpha value is -2.74. The van der Waals surface area contributed by atoms with Crippen molar-refractivity contribution < 1.29 is 18.1 Å². The number of amides is 1. The molecular formula is C18H20N2O5S. The van der Waals surface area contributed by atoms with E-state index < -0.39 is 26.1 Å². The quantitative estimate of drug-likeness (QED) is 0.649. The molecule has 0 heterocycles. The van der Waals surface area contributed by atoms with Gasteiger partial charge in [-0.1, -0.05) is 39.0 Å². The Bertz CT molecular complexity index is 975. The Morgan fingerprint density at radius 2 is 1.73 bits per heavy atom. The topological polar surface area (TPSA) is 106 Å². The molecule has 0 bridgehead atoms. The van der Waals surface area contributed by atoms with Crippen LogP contribution in [0.15, 0.2) is 47.4 Å². The van der Waals surface area contributed by atoms with Crippen molar-refractivity contribution in [3.05, 3.63) is 63.7 Å². The normalized spacial score (nSPS) is 11.8. The number of carbonyl (C=O) groups excluding carboxylic acids is 1. The first kappa shape index (κ1) is 19.6. The molecule has 7 nitrogen and oxygen atoms in total. The Morgan fingerprint density at radius 1 is 1.12 bits per heavy atom. The van der Waals surface area contributed by atoms with E-state index in [1.54, 1.807) is 18.2 Å². The van der Waals surface area contributed by atoms with Crippen LogP contribution in [0.3, 0.4) is 0 Å². The van der Waals surface area contributed by atoms with Gasteiger partial charge in [0.25, 0.3) is 11.6 Å². The fraction of sp³-hybridized carbons (Fsp3) is 0.278. The average molecular weight is 376 g/mol. The zero-order chi connectivity index (χ0) is 19.7. The van der Waals surface area contributed by atoms with Crippen molar-refractivity contribution in [3.8, 4) is 0 Å². The molecule has 138 valence electrons. The summed E-state index contributed by atoms with van der Waals surface area (Å²) in [5.41, 5.74) is 0.105. The number of anilines is 1. The fourth-order valence-electron chi connectivity index (χ4n) is 2.55. The third-order valence-electron chi connectivity index (χ3n) is 3.80. The van der Waals surface area contributed by atoms with Gasteiger partial charge in [-0.25, -0.2) is 8.42 Å². The SMILES string of the molecule is CC(C)(C)c1ccc(C(=O)Nc2ccccc2S(C)(=O)=O)cc1[N+](=O)[O-]. The zero-order valence-electron chi connectivity index (χ0n) is 14.9. The second-order valence-electron chi connectivity index (χ2n) is 6.96. The van der Waals surface area contributed by atoms with Gasteiger partial charge in [0.15, 0.2) is 9.84 Å². The molecule has 2 aromatic rings. The number of nitrogens with zero attached hydrogens (tertiary/aromatic N) is 1. The molecule has 0 aliphatic carbocycles. The number of nitrogens with one attached hydrogen (secondary N) is 1. The molecule has 0 atom stereocenters. The van der Waals surface area contributed by atoms with E-state index >= 15 is 0 Å². The van der Waals surface area contributed by atoms with Gasteiger partial charge in [0.1, 0.15) is 0 Å². The van der Waals surface area contributed by atoms with Crippen LogP contribution in [-0.2, 0) is 15.3 Å². The minimum atomic E-state index is -3.53. The third-order valence-corrected chi connectivity index (χ3v) is 4.95. The maximum absolute atomic E-state index is 12.5. The number of carbonyl (C=O) groups is 1. The number of hydrogen-bond donors (Lipinski definition) is 1. The summed E-state index contributed by atoms with van der Waals surface area (Å²) < 4.78 is 23.7. The lowest BCUT2D eigenvalue weighted by atomic mass is 9.85. The van der Waals surface area contributed by atoms with E-state index in [-0.39, 0.29) is 21.8 Å². The zero-order valence-corrected chi connectivity index (χ0v) is 15.8. The first-order chi connectivity index (χ1) is 11.9. The minimum Gasteiger partial charge on any atom is -0.321 e. The molecule has 0 saturated heterocycles. The second-order valence-corrected chi connectivity index (χ2v) is 8.95. The number of hydrogen-bond acceptors (Lipinski definition) is 5. The standard InChI is InChI=1S/C18H20N2O5S/c1-18(2,3)13-10-9-12(11-15(13)20(22)23)17(21)19-14-7-5-6-8-16(14)26(4,24)25/h5-11H,1-4H3,(H,19,21). The lowest BCUT2D eigenvalue weighted by molar-refractivity contribution is -0.386. The third kappa shape index (κ3) is 4.26. The van der Waals surface area contributed by atoms with Gasteiger partial charge >= 0.3 is 0 Å². The molecule has 8 heteroatoms. The van der Waals surface area contributed by atoms with E-state index in [2.05, 4.69) is 5.32 Å². The summed E-state index contributed by atoms with van der Waals surface area (Å²) in [7, 11) is -3.53. The van der Waals surface area contributed by atoms with Gasteiger partial charge in [-0.3, -0.25) is 14.9 Å². The van der Waals surface area contributed by atoms with Crippen molar-refractivity contribution in [3.63, 3.8) is 0 Å². The largest absolute Gasteiger partial charge is 0.321 e. The molecule has 2 rings (SSSR count). The molecule has 0 spiro atoms. The maximum atomic E-state index is 12.5. The van der Waals surface area contributed by atoms with E-state index in [0.29, 0.717) is 5.56 Å². The van der Waals surface area contributed by atoms with Crippen molar-refractivity contribution in [1.29, 1.82) is 0 Å². The van der Waals surface area contributed by atoms with Crippen LogP contribution in [0.5, 0.6) is 0 Å². The highest BCUT2D eigenvalue weighted by Crippen LogP contribution is 2.32. The molecule has 0 aliphatic rings. The fourth-order valence-corrected chi connectivity index (χ4v) is 3.39. The highest BCUT2D eigenvalue weighted by atomic mass is 32.2. The summed E-state index contributed by atoms with van der Waals surface area (Å²) in [4.78, 5) is 23.3. The number of para-hydroxylation sites is 1. The monoisotopic (exact) mass is 376 g/mol. The van der Waals surface area contributed by atoms with Crippen molar-refractivity contribution in [1.82, 2.24) is 0 Å². The molecule has 0 fully saturated rings. The van der Waals surface area contributed by atoms with E-state index in [9.17, 15) is 23.3 Å². The molecule has 1 amide bonds. The molecule has 1 N–H and O–H groups in total. The lowest BCUT2D eigenvalue weighted by Crippen LogP contribution is -2.17. The Morgan fingerprint density at radius 3 is 2.27 bits per heavy atom. The van der Waals surface area contributed by atoms with Crippen LogP contribution in [0.1, 0.15) is 36.7 Å². The summed E-state index contributed by atoms with van der Waals surface area (Å²) in [5.74, 6) is -0.621. The van der Waals surface area contributed by atoms with Gasteiger partial charge < -0.3 is 5.32 Å². The van der Waals surface area contributed by atoms with Crippen molar-refractivity contribution in [2.75, 3.05) is 11.6 Å². The molecule has 0 radical (unpaired) electrons. The van der Waals surface area contributed by atoms with Gasteiger partial charge in [-0.15, -0.1) is 0 Å². The van der Waals surface area contributed by atoms with Gasteiger partial charge in [0, 0.05) is 23.4 Å².